The van der Waals surface area contributed by atoms with Gasteiger partial charge in [-0.1, -0.05) is 59.8 Å². The number of imidazole rings is 1. The summed E-state index contributed by atoms with van der Waals surface area (Å²) in [4.78, 5) is 21.0. The highest BCUT2D eigenvalue weighted by Crippen LogP contribution is 2.21. The standard InChI is InChI=1S/C25H18FN5O2/c26-21-9-5-4-8-20(21)24(32)28-19-12-10-17(11-13-19)14-31-15-22(27-16-31)25-29-23(30-33-25)18-6-2-1-3-7-18/h1-13,15-16H,14H2,(H,28,32). The van der Waals surface area contributed by atoms with Crippen LogP contribution in [0.1, 0.15) is 15.9 Å². The van der Waals surface area contributed by atoms with Crippen LogP contribution in [0.15, 0.2) is 95.9 Å². The zero-order chi connectivity index (χ0) is 22.6. The maximum absolute atomic E-state index is 13.8. The number of halogens is 1. The molecule has 0 unspecified atom stereocenters. The quantitative estimate of drug-likeness (QED) is 0.401. The van der Waals surface area contributed by atoms with E-state index in [1.807, 2.05) is 53.2 Å². The van der Waals surface area contributed by atoms with Crippen LogP contribution in [0.25, 0.3) is 23.0 Å². The molecular formula is C25H18FN5O2. The van der Waals surface area contributed by atoms with E-state index < -0.39 is 11.7 Å². The number of anilines is 1. The number of carbonyl (C=O) groups is 1. The van der Waals surface area contributed by atoms with Crippen molar-refractivity contribution in [1.82, 2.24) is 19.7 Å². The Morgan fingerprint density at radius 3 is 2.52 bits per heavy atom. The van der Waals surface area contributed by atoms with Gasteiger partial charge in [0, 0.05) is 24.0 Å². The summed E-state index contributed by atoms with van der Waals surface area (Å²) < 4.78 is 21.0. The van der Waals surface area contributed by atoms with E-state index in [2.05, 4.69) is 20.4 Å². The lowest BCUT2D eigenvalue weighted by molar-refractivity contribution is 0.102. The topological polar surface area (TPSA) is 85.8 Å². The first-order chi connectivity index (χ1) is 16.2. The third-order valence-electron chi connectivity index (χ3n) is 5.01. The molecule has 162 valence electrons. The van der Waals surface area contributed by atoms with Gasteiger partial charge in [0.2, 0.25) is 5.82 Å². The van der Waals surface area contributed by atoms with Crippen LogP contribution in [0, 0.1) is 5.82 Å². The van der Waals surface area contributed by atoms with Gasteiger partial charge in [0.15, 0.2) is 0 Å². The molecule has 0 saturated heterocycles. The van der Waals surface area contributed by atoms with Gasteiger partial charge in [-0.2, -0.15) is 4.98 Å². The van der Waals surface area contributed by atoms with E-state index in [1.54, 1.807) is 30.6 Å². The van der Waals surface area contributed by atoms with Crippen LogP contribution < -0.4 is 5.32 Å². The zero-order valence-electron chi connectivity index (χ0n) is 17.4. The van der Waals surface area contributed by atoms with Gasteiger partial charge in [0.05, 0.1) is 11.9 Å². The van der Waals surface area contributed by atoms with Crippen molar-refractivity contribution in [3.8, 4) is 23.0 Å². The summed E-state index contributed by atoms with van der Waals surface area (Å²) in [5, 5.41) is 6.73. The Labute approximate surface area is 188 Å². The fraction of sp³-hybridized carbons (Fsp3) is 0.0400. The van der Waals surface area contributed by atoms with Crippen molar-refractivity contribution in [3.63, 3.8) is 0 Å². The van der Waals surface area contributed by atoms with Crippen LogP contribution in [-0.4, -0.2) is 25.6 Å². The fourth-order valence-electron chi connectivity index (χ4n) is 3.34. The molecule has 2 aromatic heterocycles. The molecular weight excluding hydrogens is 421 g/mol. The molecule has 0 aliphatic heterocycles. The Morgan fingerprint density at radius 2 is 1.73 bits per heavy atom. The van der Waals surface area contributed by atoms with Crippen molar-refractivity contribution in [2.24, 2.45) is 0 Å². The summed E-state index contributed by atoms with van der Waals surface area (Å²) in [6, 6.07) is 22.8. The highest BCUT2D eigenvalue weighted by Gasteiger charge is 2.13. The predicted octanol–water partition coefficient (Wildman–Crippen LogP) is 5.04. The van der Waals surface area contributed by atoms with E-state index in [9.17, 15) is 9.18 Å². The van der Waals surface area contributed by atoms with Crippen molar-refractivity contribution in [2.75, 3.05) is 5.32 Å². The first-order valence-electron chi connectivity index (χ1n) is 10.2. The molecule has 8 heteroatoms. The molecule has 2 heterocycles. The van der Waals surface area contributed by atoms with E-state index in [0.717, 1.165) is 11.1 Å². The summed E-state index contributed by atoms with van der Waals surface area (Å²) in [6.07, 6.45) is 3.52. The lowest BCUT2D eigenvalue weighted by Gasteiger charge is -2.08. The molecule has 7 nitrogen and oxygen atoms in total. The van der Waals surface area contributed by atoms with Gasteiger partial charge in [-0.15, -0.1) is 0 Å². The lowest BCUT2D eigenvalue weighted by atomic mass is 10.1. The molecule has 3 aromatic carbocycles. The molecule has 0 aliphatic rings. The highest BCUT2D eigenvalue weighted by molar-refractivity contribution is 6.04. The Hall–Kier alpha value is -4.59. The maximum atomic E-state index is 13.8. The fourth-order valence-corrected chi connectivity index (χ4v) is 3.34. The van der Waals surface area contributed by atoms with E-state index in [-0.39, 0.29) is 5.56 Å². The monoisotopic (exact) mass is 439 g/mol. The molecule has 1 N–H and O–H groups in total. The van der Waals surface area contributed by atoms with Gasteiger partial charge < -0.3 is 14.4 Å². The van der Waals surface area contributed by atoms with Crippen LogP contribution in [-0.2, 0) is 6.54 Å². The number of benzene rings is 3. The Morgan fingerprint density at radius 1 is 0.970 bits per heavy atom. The van der Waals surface area contributed by atoms with E-state index >= 15 is 0 Å². The normalized spacial score (nSPS) is 10.8. The molecule has 0 saturated carbocycles. The number of rotatable bonds is 6. The zero-order valence-corrected chi connectivity index (χ0v) is 17.4. The predicted molar refractivity (Wildman–Crippen MR) is 121 cm³/mol. The lowest BCUT2D eigenvalue weighted by Crippen LogP contribution is -2.13. The SMILES string of the molecule is O=C(Nc1ccc(Cn2cnc(-c3nc(-c4ccccc4)no3)c2)cc1)c1ccccc1F. The first-order valence-corrected chi connectivity index (χ1v) is 10.2. The number of aromatic nitrogens is 4. The second kappa shape index (κ2) is 8.88. The van der Waals surface area contributed by atoms with Crippen LogP contribution in [0.4, 0.5) is 10.1 Å². The summed E-state index contributed by atoms with van der Waals surface area (Å²) in [6.45, 7) is 0.564. The minimum absolute atomic E-state index is 0.00367. The molecule has 0 radical (unpaired) electrons. The second-order valence-electron chi connectivity index (χ2n) is 7.35. The highest BCUT2D eigenvalue weighted by atomic mass is 19.1. The summed E-state index contributed by atoms with van der Waals surface area (Å²) in [7, 11) is 0. The number of carbonyl (C=O) groups excluding carboxylic acids is 1. The first kappa shape index (κ1) is 20.3. The van der Waals surface area contributed by atoms with Gasteiger partial charge in [0.25, 0.3) is 11.8 Å². The minimum Gasteiger partial charge on any atom is -0.332 e. The van der Waals surface area contributed by atoms with Crippen LogP contribution in [0.5, 0.6) is 0 Å². The summed E-state index contributed by atoms with van der Waals surface area (Å²) >= 11 is 0. The molecule has 1 amide bonds. The molecule has 0 atom stereocenters. The number of nitrogens with zero attached hydrogens (tertiary/aromatic N) is 4. The van der Waals surface area contributed by atoms with Gasteiger partial charge in [0.1, 0.15) is 11.5 Å². The van der Waals surface area contributed by atoms with Crippen LogP contribution in [0.3, 0.4) is 0 Å². The molecule has 0 bridgehead atoms. The molecule has 33 heavy (non-hydrogen) atoms. The van der Waals surface area contributed by atoms with E-state index in [4.69, 9.17) is 4.52 Å². The molecule has 0 spiro atoms. The van der Waals surface area contributed by atoms with Gasteiger partial charge >= 0.3 is 0 Å². The minimum atomic E-state index is -0.556. The van der Waals surface area contributed by atoms with Gasteiger partial charge in [-0.05, 0) is 29.8 Å². The largest absolute Gasteiger partial charge is 0.332 e. The van der Waals surface area contributed by atoms with Gasteiger partial charge in [-0.3, -0.25) is 4.79 Å². The third-order valence-corrected chi connectivity index (χ3v) is 5.01. The number of hydrogen-bond acceptors (Lipinski definition) is 5. The van der Waals surface area contributed by atoms with Crippen molar-refractivity contribution in [3.05, 3.63) is 108 Å². The van der Waals surface area contributed by atoms with E-state index in [0.29, 0.717) is 29.6 Å². The smallest absolute Gasteiger partial charge is 0.278 e. The average Bonchev–Trinajstić information content (AvgIpc) is 3.51. The van der Waals surface area contributed by atoms with E-state index in [1.165, 1.54) is 12.1 Å². The average molecular weight is 439 g/mol. The summed E-state index contributed by atoms with van der Waals surface area (Å²) in [5.41, 5.74) is 3.03. The second-order valence-corrected chi connectivity index (χ2v) is 7.35. The molecule has 0 fully saturated rings. The van der Waals surface area contributed by atoms with Crippen molar-refractivity contribution >= 4 is 11.6 Å². The van der Waals surface area contributed by atoms with Crippen LogP contribution >= 0.6 is 0 Å². The maximum Gasteiger partial charge on any atom is 0.278 e. The van der Waals surface area contributed by atoms with Crippen molar-refractivity contribution in [2.45, 2.75) is 6.54 Å². The molecule has 0 aliphatic carbocycles. The Kier molecular flexibility index (Phi) is 5.47. The Balaban J connectivity index is 1.24. The summed E-state index contributed by atoms with van der Waals surface area (Å²) in [5.74, 6) is -0.193. The molecule has 5 aromatic rings. The van der Waals surface area contributed by atoms with Crippen molar-refractivity contribution < 1.29 is 13.7 Å². The van der Waals surface area contributed by atoms with Crippen molar-refractivity contribution in [1.29, 1.82) is 0 Å². The third kappa shape index (κ3) is 4.54. The number of amides is 1. The Bertz CT molecular complexity index is 1390. The molecule has 5 rings (SSSR count). The number of hydrogen-bond donors (Lipinski definition) is 1. The number of nitrogens with one attached hydrogen (secondary N) is 1. The van der Waals surface area contributed by atoms with Crippen LogP contribution in [0.2, 0.25) is 0 Å². The van der Waals surface area contributed by atoms with Gasteiger partial charge in [-0.25, -0.2) is 9.37 Å².